The lowest BCUT2D eigenvalue weighted by Gasteiger charge is -2.09. The Bertz CT molecular complexity index is 1110. The highest BCUT2D eigenvalue weighted by Gasteiger charge is 2.16. The second kappa shape index (κ2) is 8.62. The second-order valence-corrected chi connectivity index (χ2v) is 8.89. The van der Waals surface area contributed by atoms with Gasteiger partial charge in [0.25, 0.3) is 10.0 Å². The summed E-state index contributed by atoms with van der Waals surface area (Å²) in [6.07, 6.45) is 3.47. The van der Waals surface area contributed by atoms with E-state index >= 15 is 0 Å². The summed E-state index contributed by atoms with van der Waals surface area (Å²) >= 11 is 1.31. The number of sulfonamides is 1. The molecule has 2 aromatic heterocycles. The molecule has 9 nitrogen and oxygen atoms in total. The van der Waals surface area contributed by atoms with Crippen molar-refractivity contribution in [2.75, 3.05) is 15.8 Å². The molecule has 11 heteroatoms. The maximum Gasteiger partial charge on any atom is 0.264 e. The number of benzene rings is 1. The average Bonchev–Trinajstić information content (AvgIpc) is 3.04. The Hall–Kier alpha value is -2.92. The minimum atomic E-state index is -3.84. The van der Waals surface area contributed by atoms with Crippen LogP contribution in [0.15, 0.2) is 52.8 Å². The predicted octanol–water partition coefficient (Wildman–Crippen LogP) is 2.36. The third kappa shape index (κ3) is 5.55. The Labute approximate surface area is 173 Å². The summed E-state index contributed by atoms with van der Waals surface area (Å²) < 4.78 is 29.3. The number of imidazole rings is 1. The fraction of sp³-hybridized carbons (Fsp3) is 0.222. The smallest absolute Gasteiger partial charge is 0.264 e. The number of hydrogen-bond acceptors (Lipinski definition) is 7. The summed E-state index contributed by atoms with van der Waals surface area (Å²) in [4.78, 5) is 24.4. The molecule has 0 spiro atoms. The first kappa shape index (κ1) is 20.8. The Morgan fingerprint density at radius 1 is 1.14 bits per heavy atom. The zero-order valence-corrected chi connectivity index (χ0v) is 17.7. The number of rotatable bonds is 7. The van der Waals surface area contributed by atoms with Gasteiger partial charge in [-0.25, -0.2) is 28.1 Å². The van der Waals surface area contributed by atoms with Crippen LogP contribution in [0.5, 0.6) is 0 Å². The number of amides is 1. The van der Waals surface area contributed by atoms with Crippen LogP contribution < -0.4 is 10.0 Å². The van der Waals surface area contributed by atoms with Gasteiger partial charge in [-0.05, 0) is 44.2 Å². The first-order chi connectivity index (χ1) is 13.7. The van der Waals surface area contributed by atoms with Crippen molar-refractivity contribution in [2.45, 2.75) is 23.9 Å². The first-order valence-electron chi connectivity index (χ1n) is 8.58. The molecule has 0 unspecified atom stereocenters. The van der Waals surface area contributed by atoms with Crippen LogP contribution in [-0.4, -0.2) is 39.6 Å². The molecule has 0 aliphatic carbocycles. The van der Waals surface area contributed by atoms with Crippen molar-refractivity contribution >= 4 is 39.3 Å². The van der Waals surface area contributed by atoms with Crippen LogP contribution >= 0.6 is 11.8 Å². The fourth-order valence-corrected chi connectivity index (χ4v) is 4.16. The summed E-state index contributed by atoms with van der Waals surface area (Å²) in [6, 6.07) is 7.63. The summed E-state index contributed by atoms with van der Waals surface area (Å²) in [5.74, 6) is -0.00202. The number of thioether (sulfide) groups is 1. The number of carbonyl (C=O) groups excluding carboxylic acids is 1. The van der Waals surface area contributed by atoms with Gasteiger partial charge in [0, 0.05) is 36.5 Å². The molecule has 0 fully saturated rings. The van der Waals surface area contributed by atoms with Crippen molar-refractivity contribution in [3.63, 3.8) is 0 Å². The van der Waals surface area contributed by atoms with Crippen LogP contribution in [0.3, 0.4) is 0 Å². The van der Waals surface area contributed by atoms with Crippen LogP contribution in [0.25, 0.3) is 0 Å². The topological polar surface area (TPSA) is 119 Å². The van der Waals surface area contributed by atoms with Crippen molar-refractivity contribution in [3.8, 4) is 0 Å². The number of carbonyl (C=O) groups is 1. The van der Waals surface area contributed by atoms with Gasteiger partial charge in [0.2, 0.25) is 11.9 Å². The van der Waals surface area contributed by atoms with E-state index in [-0.39, 0.29) is 22.5 Å². The third-order valence-corrected chi connectivity index (χ3v) is 6.17. The Kier molecular flexibility index (Phi) is 6.18. The Morgan fingerprint density at radius 2 is 1.79 bits per heavy atom. The maximum atomic E-state index is 12.5. The fourth-order valence-electron chi connectivity index (χ4n) is 2.49. The maximum absolute atomic E-state index is 12.5. The molecule has 152 valence electrons. The van der Waals surface area contributed by atoms with Crippen molar-refractivity contribution in [1.82, 2.24) is 19.5 Å². The van der Waals surface area contributed by atoms with E-state index in [0.29, 0.717) is 17.1 Å². The average molecular weight is 433 g/mol. The molecular formula is C18H20N6O3S2. The van der Waals surface area contributed by atoms with Crippen LogP contribution in [-0.2, 0) is 21.9 Å². The minimum Gasteiger partial charge on any atom is -0.329 e. The zero-order chi connectivity index (χ0) is 21.0. The van der Waals surface area contributed by atoms with Crippen LogP contribution in [0.2, 0.25) is 0 Å². The molecule has 0 atom stereocenters. The Balaban J connectivity index is 1.62. The van der Waals surface area contributed by atoms with Gasteiger partial charge in [0.05, 0.1) is 10.6 Å². The number of aromatic nitrogens is 4. The van der Waals surface area contributed by atoms with E-state index in [0.717, 1.165) is 5.16 Å². The lowest BCUT2D eigenvalue weighted by atomic mass is 10.3. The van der Waals surface area contributed by atoms with Crippen LogP contribution in [0, 0.1) is 13.8 Å². The molecule has 0 aliphatic heterocycles. The van der Waals surface area contributed by atoms with Gasteiger partial charge in [0.15, 0.2) is 5.16 Å². The molecule has 1 amide bonds. The normalized spacial score (nSPS) is 11.3. The molecule has 0 aliphatic rings. The second-order valence-electron chi connectivity index (χ2n) is 6.26. The van der Waals surface area contributed by atoms with E-state index in [9.17, 15) is 13.2 Å². The van der Waals surface area contributed by atoms with E-state index in [2.05, 4.69) is 25.0 Å². The molecule has 0 bridgehead atoms. The highest BCUT2D eigenvalue weighted by atomic mass is 32.2. The van der Waals surface area contributed by atoms with Crippen molar-refractivity contribution in [1.29, 1.82) is 0 Å². The van der Waals surface area contributed by atoms with E-state index in [1.807, 2.05) is 11.6 Å². The minimum absolute atomic E-state index is 0.0196. The predicted molar refractivity (Wildman–Crippen MR) is 111 cm³/mol. The Morgan fingerprint density at radius 3 is 2.38 bits per heavy atom. The SMILES string of the molecule is Cc1cc(C)nc(NS(=O)(=O)c2ccc(NC(=O)CSc3nccn3C)cc2)n1. The number of aryl methyl sites for hydroxylation is 3. The number of nitrogens with zero attached hydrogens (tertiary/aromatic N) is 4. The van der Waals surface area contributed by atoms with E-state index < -0.39 is 10.0 Å². The summed E-state index contributed by atoms with van der Waals surface area (Å²) in [5, 5.41) is 3.47. The van der Waals surface area contributed by atoms with Gasteiger partial charge in [-0.15, -0.1) is 0 Å². The summed E-state index contributed by atoms with van der Waals surface area (Å²) in [6.45, 7) is 3.52. The summed E-state index contributed by atoms with van der Waals surface area (Å²) in [7, 11) is -1.99. The molecule has 0 radical (unpaired) electrons. The molecular weight excluding hydrogens is 412 g/mol. The molecule has 2 N–H and O–H groups in total. The summed E-state index contributed by atoms with van der Waals surface area (Å²) in [5.41, 5.74) is 1.82. The van der Waals surface area contributed by atoms with Gasteiger partial charge in [-0.1, -0.05) is 11.8 Å². The van der Waals surface area contributed by atoms with E-state index in [1.54, 1.807) is 32.3 Å². The molecule has 0 saturated heterocycles. The molecule has 2 heterocycles. The van der Waals surface area contributed by atoms with Gasteiger partial charge in [0.1, 0.15) is 0 Å². The first-order valence-corrected chi connectivity index (χ1v) is 11.0. The monoisotopic (exact) mass is 432 g/mol. The molecule has 29 heavy (non-hydrogen) atoms. The van der Waals surface area contributed by atoms with Gasteiger partial charge in [-0.2, -0.15) is 0 Å². The standard InChI is InChI=1S/C18H20N6O3S2/c1-12-10-13(2)21-17(20-12)23-29(26,27)15-6-4-14(5-7-15)22-16(25)11-28-18-19-8-9-24(18)3/h4-10H,11H2,1-3H3,(H,22,25)(H,20,21,23). The molecule has 1 aromatic carbocycles. The van der Waals surface area contributed by atoms with Crippen LogP contribution in [0.4, 0.5) is 11.6 Å². The molecule has 3 aromatic rings. The lowest BCUT2D eigenvalue weighted by Crippen LogP contribution is -2.16. The molecule has 0 saturated carbocycles. The van der Waals surface area contributed by atoms with Crippen molar-refractivity contribution < 1.29 is 13.2 Å². The zero-order valence-electron chi connectivity index (χ0n) is 16.1. The number of hydrogen-bond donors (Lipinski definition) is 2. The van der Waals surface area contributed by atoms with E-state index in [4.69, 9.17) is 0 Å². The number of anilines is 2. The third-order valence-electron chi connectivity index (χ3n) is 3.77. The quantitative estimate of drug-likeness (QED) is 0.550. The van der Waals surface area contributed by atoms with Crippen molar-refractivity contribution in [3.05, 3.63) is 54.1 Å². The van der Waals surface area contributed by atoms with E-state index in [1.165, 1.54) is 36.0 Å². The van der Waals surface area contributed by atoms with Gasteiger partial charge >= 0.3 is 0 Å². The van der Waals surface area contributed by atoms with Crippen LogP contribution in [0.1, 0.15) is 11.4 Å². The molecule has 3 rings (SSSR count). The van der Waals surface area contributed by atoms with Gasteiger partial charge in [-0.3, -0.25) is 4.79 Å². The highest BCUT2D eigenvalue weighted by molar-refractivity contribution is 7.99. The highest BCUT2D eigenvalue weighted by Crippen LogP contribution is 2.18. The lowest BCUT2D eigenvalue weighted by molar-refractivity contribution is -0.113. The largest absolute Gasteiger partial charge is 0.329 e. The van der Waals surface area contributed by atoms with Crippen molar-refractivity contribution in [2.24, 2.45) is 7.05 Å². The number of nitrogens with one attached hydrogen (secondary N) is 2. The van der Waals surface area contributed by atoms with Gasteiger partial charge < -0.3 is 9.88 Å².